The fourth-order valence-corrected chi connectivity index (χ4v) is 7.73. The van der Waals surface area contributed by atoms with Gasteiger partial charge in [0.25, 0.3) is 0 Å². The number of allylic oxidation sites excluding steroid dienone is 5. The number of aryl methyl sites for hydroxylation is 1. The van der Waals surface area contributed by atoms with Gasteiger partial charge < -0.3 is 4.90 Å². The molecule has 0 N–H and O–H groups in total. The lowest BCUT2D eigenvalue weighted by molar-refractivity contribution is 0.394. The fourth-order valence-electron chi connectivity index (χ4n) is 7.73. The highest BCUT2D eigenvalue weighted by molar-refractivity contribution is 6.02. The summed E-state index contributed by atoms with van der Waals surface area (Å²) in [6, 6.07) is 38.3. The van der Waals surface area contributed by atoms with E-state index in [0.717, 1.165) is 18.5 Å². The molecule has 0 heterocycles. The Morgan fingerprint density at radius 3 is 2.45 bits per heavy atom. The van der Waals surface area contributed by atoms with Crippen LogP contribution in [-0.2, 0) is 11.8 Å². The number of para-hydroxylation sites is 1. The molecule has 0 aliphatic heterocycles. The van der Waals surface area contributed by atoms with Gasteiger partial charge in [0.05, 0.1) is 11.4 Å². The Hall–Kier alpha value is -4.62. The molecule has 5 aromatic rings. The maximum Gasteiger partial charge on any atom is 0.0546 e. The smallest absolute Gasteiger partial charge is 0.0546 e. The van der Waals surface area contributed by atoms with Gasteiger partial charge in [-0.1, -0.05) is 129 Å². The second-order valence-corrected chi connectivity index (χ2v) is 12.5. The van der Waals surface area contributed by atoms with Crippen molar-refractivity contribution in [3.05, 3.63) is 156 Å². The number of benzene rings is 5. The first-order valence-corrected chi connectivity index (χ1v) is 15.3. The molecule has 0 radical (unpaired) electrons. The predicted octanol–water partition coefficient (Wildman–Crippen LogP) is 11.1. The van der Waals surface area contributed by atoms with Crippen LogP contribution in [0.25, 0.3) is 28.0 Å². The van der Waals surface area contributed by atoms with Crippen LogP contribution in [0, 0.1) is 5.92 Å². The quantitative estimate of drug-likeness (QED) is 0.219. The molecule has 2 unspecified atom stereocenters. The van der Waals surface area contributed by atoms with Gasteiger partial charge in [0.1, 0.15) is 0 Å². The summed E-state index contributed by atoms with van der Waals surface area (Å²) in [4.78, 5) is 2.48. The first-order chi connectivity index (χ1) is 20.6. The Morgan fingerprint density at radius 1 is 0.738 bits per heavy atom. The molecule has 0 bridgehead atoms. The van der Waals surface area contributed by atoms with Crippen LogP contribution in [-0.4, -0.2) is 0 Å². The zero-order chi connectivity index (χ0) is 28.3. The average Bonchev–Trinajstić information content (AvgIpc) is 3.27. The van der Waals surface area contributed by atoms with E-state index in [1.54, 1.807) is 0 Å². The zero-order valence-corrected chi connectivity index (χ0v) is 24.3. The van der Waals surface area contributed by atoms with Crippen LogP contribution < -0.4 is 4.90 Å². The topological polar surface area (TPSA) is 3.24 Å². The summed E-state index contributed by atoms with van der Waals surface area (Å²) in [6.45, 7) is 4.83. The largest absolute Gasteiger partial charge is 0.309 e. The molecule has 204 valence electrons. The minimum Gasteiger partial charge on any atom is -0.309 e. The van der Waals surface area contributed by atoms with E-state index in [9.17, 15) is 0 Å². The normalized spacial score (nSPS) is 19.4. The van der Waals surface area contributed by atoms with Gasteiger partial charge in [-0.3, -0.25) is 0 Å². The van der Waals surface area contributed by atoms with E-state index in [0.29, 0.717) is 11.8 Å². The molecule has 2 atom stereocenters. The molecule has 3 aliphatic carbocycles. The van der Waals surface area contributed by atoms with Crippen LogP contribution in [0.1, 0.15) is 48.4 Å². The Labute approximate surface area is 249 Å². The second kappa shape index (κ2) is 9.74. The van der Waals surface area contributed by atoms with Crippen LogP contribution in [0.15, 0.2) is 134 Å². The van der Waals surface area contributed by atoms with Crippen molar-refractivity contribution in [2.45, 2.75) is 38.0 Å². The van der Waals surface area contributed by atoms with E-state index in [1.807, 2.05) is 0 Å². The lowest BCUT2D eigenvalue weighted by atomic mass is 9.74. The molecule has 0 amide bonds. The number of hydrogen-bond acceptors (Lipinski definition) is 1. The van der Waals surface area contributed by atoms with Gasteiger partial charge in [-0.15, -0.1) is 0 Å². The van der Waals surface area contributed by atoms with Crippen molar-refractivity contribution in [2.24, 2.45) is 5.92 Å². The van der Waals surface area contributed by atoms with Crippen LogP contribution in [0.5, 0.6) is 0 Å². The fraction of sp³-hybridized carbons (Fsp3) is 0.171. The Kier molecular flexibility index (Phi) is 5.82. The SMILES string of the molecule is CC1(C)c2ccc(-c3c(N(c4ccccc4)c4cccc5ccccc45)ccc4c3C=CCC4)cc2C2C=CC=CC21. The third kappa shape index (κ3) is 3.84. The highest BCUT2D eigenvalue weighted by atomic mass is 15.1. The van der Waals surface area contributed by atoms with E-state index in [4.69, 9.17) is 0 Å². The van der Waals surface area contributed by atoms with Gasteiger partial charge in [0.2, 0.25) is 0 Å². The molecular weight excluding hydrogens is 506 g/mol. The predicted molar refractivity (Wildman–Crippen MR) is 179 cm³/mol. The summed E-state index contributed by atoms with van der Waals surface area (Å²) in [5, 5.41) is 2.50. The molecular formula is C41H35N. The summed E-state index contributed by atoms with van der Waals surface area (Å²) in [7, 11) is 0. The van der Waals surface area contributed by atoms with Gasteiger partial charge >= 0.3 is 0 Å². The van der Waals surface area contributed by atoms with E-state index >= 15 is 0 Å². The monoisotopic (exact) mass is 541 g/mol. The maximum absolute atomic E-state index is 2.51. The lowest BCUT2D eigenvalue weighted by Gasteiger charge is -2.31. The van der Waals surface area contributed by atoms with Crippen molar-refractivity contribution in [1.82, 2.24) is 0 Å². The van der Waals surface area contributed by atoms with Crippen molar-refractivity contribution >= 4 is 33.9 Å². The van der Waals surface area contributed by atoms with Crippen LogP contribution >= 0.6 is 0 Å². The minimum atomic E-state index is 0.109. The molecule has 0 spiro atoms. The van der Waals surface area contributed by atoms with Gasteiger partial charge in [-0.2, -0.15) is 0 Å². The number of hydrogen-bond donors (Lipinski definition) is 0. The maximum atomic E-state index is 2.51. The number of nitrogens with zero attached hydrogens (tertiary/aromatic N) is 1. The second-order valence-electron chi connectivity index (χ2n) is 12.5. The molecule has 0 aromatic heterocycles. The van der Waals surface area contributed by atoms with E-state index in [-0.39, 0.29) is 5.41 Å². The molecule has 8 rings (SSSR count). The van der Waals surface area contributed by atoms with Crippen molar-refractivity contribution in [3.63, 3.8) is 0 Å². The summed E-state index contributed by atoms with van der Waals surface area (Å²) in [5.41, 5.74) is 12.0. The van der Waals surface area contributed by atoms with Crippen molar-refractivity contribution < 1.29 is 0 Å². The third-order valence-corrected chi connectivity index (χ3v) is 9.80. The van der Waals surface area contributed by atoms with E-state index < -0.39 is 0 Å². The first-order valence-electron chi connectivity index (χ1n) is 15.3. The number of rotatable bonds is 4. The molecule has 0 saturated carbocycles. The van der Waals surface area contributed by atoms with E-state index in [1.165, 1.54) is 55.5 Å². The zero-order valence-electron chi connectivity index (χ0n) is 24.3. The Bertz CT molecular complexity index is 1920. The number of fused-ring (bicyclic) bond motifs is 5. The third-order valence-electron chi connectivity index (χ3n) is 9.80. The van der Waals surface area contributed by atoms with Gasteiger partial charge in [-0.25, -0.2) is 0 Å². The summed E-state index contributed by atoms with van der Waals surface area (Å²) < 4.78 is 0. The average molecular weight is 542 g/mol. The molecule has 42 heavy (non-hydrogen) atoms. The van der Waals surface area contributed by atoms with Crippen molar-refractivity contribution in [3.8, 4) is 11.1 Å². The molecule has 5 aromatic carbocycles. The van der Waals surface area contributed by atoms with Crippen LogP contribution in [0.2, 0.25) is 0 Å². The highest BCUT2D eigenvalue weighted by Crippen LogP contribution is 2.54. The molecule has 0 saturated heterocycles. The van der Waals surface area contributed by atoms with Crippen LogP contribution in [0.3, 0.4) is 0 Å². The van der Waals surface area contributed by atoms with E-state index in [2.05, 4.69) is 158 Å². The number of anilines is 3. The first kappa shape index (κ1) is 25.1. The van der Waals surface area contributed by atoms with Gasteiger partial charge in [0.15, 0.2) is 0 Å². The highest BCUT2D eigenvalue weighted by Gasteiger charge is 2.44. The Balaban J connectivity index is 1.41. The van der Waals surface area contributed by atoms with Gasteiger partial charge in [-0.05, 0) is 81.6 Å². The minimum absolute atomic E-state index is 0.109. The Morgan fingerprint density at radius 2 is 1.55 bits per heavy atom. The molecule has 1 nitrogen and oxygen atoms in total. The van der Waals surface area contributed by atoms with Gasteiger partial charge in [0, 0.05) is 22.6 Å². The summed E-state index contributed by atoms with van der Waals surface area (Å²) >= 11 is 0. The molecule has 3 aliphatic rings. The van der Waals surface area contributed by atoms with Crippen molar-refractivity contribution in [2.75, 3.05) is 4.90 Å². The van der Waals surface area contributed by atoms with Crippen molar-refractivity contribution in [1.29, 1.82) is 0 Å². The summed E-state index contributed by atoms with van der Waals surface area (Å²) in [5.74, 6) is 0.912. The summed E-state index contributed by atoms with van der Waals surface area (Å²) in [6.07, 6.45) is 16.2. The van der Waals surface area contributed by atoms with Crippen LogP contribution in [0.4, 0.5) is 17.1 Å². The standard InChI is InChI=1S/C41H35N/c1-41(2)36-21-11-10-20-34(36)35-27-30(23-25-37(35)41)40-33-19-9-7-14-29(33)24-26-39(40)42(31-16-4-3-5-17-31)38-22-12-15-28-13-6-8-18-32(28)38/h3-6,8-13,15-27,34,36H,7,14H2,1-2H3. The molecule has 1 heteroatoms. The molecule has 0 fully saturated rings. The lowest BCUT2D eigenvalue weighted by Crippen LogP contribution is -2.24.